The number of halogens is 2. The van der Waals surface area contributed by atoms with Crippen molar-refractivity contribution in [1.82, 2.24) is 0 Å². The molecule has 0 amide bonds. The minimum atomic E-state index is -0.584. The molecule has 0 saturated heterocycles. The number of rotatable bonds is 3. The first kappa shape index (κ1) is 13.8. The highest BCUT2D eigenvalue weighted by molar-refractivity contribution is 6.32. The fourth-order valence-electron chi connectivity index (χ4n) is 1.67. The van der Waals surface area contributed by atoms with E-state index < -0.39 is 6.10 Å². The maximum Gasteiger partial charge on any atom is 0.146 e. The van der Waals surface area contributed by atoms with Crippen molar-refractivity contribution in [2.75, 3.05) is 0 Å². The fraction of sp³-hybridized carbons (Fsp3) is 0.200. The minimum absolute atomic E-state index is 0.275. The van der Waals surface area contributed by atoms with E-state index >= 15 is 0 Å². The molecule has 2 nitrogen and oxygen atoms in total. The van der Waals surface area contributed by atoms with Crippen LogP contribution in [0.3, 0.4) is 0 Å². The SMILES string of the molecule is Cc1cc(Oc2ccc([C@@H](C)O)cc2Cl)ccc1F. The molecule has 100 valence electrons. The molecule has 0 spiro atoms. The van der Waals surface area contributed by atoms with Crippen molar-refractivity contribution in [2.45, 2.75) is 20.0 Å². The average molecular weight is 281 g/mol. The number of hydrogen-bond acceptors (Lipinski definition) is 2. The van der Waals surface area contributed by atoms with Gasteiger partial charge in [-0.3, -0.25) is 0 Å². The minimum Gasteiger partial charge on any atom is -0.456 e. The molecule has 0 bridgehead atoms. The van der Waals surface area contributed by atoms with Crippen LogP contribution in [0.15, 0.2) is 36.4 Å². The summed E-state index contributed by atoms with van der Waals surface area (Å²) in [4.78, 5) is 0. The second-order valence-electron chi connectivity index (χ2n) is 4.38. The lowest BCUT2D eigenvalue weighted by atomic mass is 10.1. The number of benzene rings is 2. The first-order valence-electron chi connectivity index (χ1n) is 5.89. The number of hydrogen-bond donors (Lipinski definition) is 1. The third-order valence-electron chi connectivity index (χ3n) is 2.80. The Labute approximate surface area is 116 Å². The van der Waals surface area contributed by atoms with Crippen LogP contribution in [-0.4, -0.2) is 5.11 Å². The van der Waals surface area contributed by atoms with Crippen molar-refractivity contribution in [2.24, 2.45) is 0 Å². The third kappa shape index (κ3) is 3.25. The van der Waals surface area contributed by atoms with Gasteiger partial charge in [-0.05, 0) is 55.3 Å². The molecule has 0 aromatic heterocycles. The lowest BCUT2D eigenvalue weighted by Gasteiger charge is -2.11. The molecule has 0 fully saturated rings. The van der Waals surface area contributed by atoms with Gasteiger partial charge in [-0.2, -0.15) is 0 Å². The number of aliphatic hydroxyl groups excluding tert-OH is 1. The van der Waals surface area contributed by atoms with Crippen molar-refractivity contribution in [1.29, 1.82) is 0 Å². The van der Waals surface area contributed by atoms with Crippen LogP contribution in [0.4, 0.5) is 4.39 Å². The van der Waals surface area contributed by atoms with E-state index in [0.717, 1.165) is 0 Å². The zero-order valence-corrected chi connectivity index (χ0v) is 11.4. The van der Waals surface area contributed by atoms with Crippen molar-refractivity contribution in [3.8, 4) is 11.5 Å². The summed E-state index contributed by atoms with van der Waals surface area (Å²) in [6, 6.07) is 9.57. The van der Waals surface area contributed by atoms with E-state index in [9.17, 15) is 9.50 Å². The van der Waals surface area contributed by atoms with Gasteiger partial charge in [0.25, 0.3) is 0 Å². The predicted molar refractivity (Wildman–Crippen MR) is 73.3 cm³/mol. The molecule has 0 aliphatic rings. The van der Waals surface area contributed by atoms with Crippen molar-refractivity contribution < 1.29 is 14.2 Å². The normalized spacial score (nSPS) is 12.3. The Morgan fingerprint density at radius 2 is 1.95 bits per heavy atom. The van der Waals surface area contributed by atoms with Crippen LogP contribution >= 0.6 is 11.6 Å². The second kappa shape index (κ2) is 5.59. The topological polar surface area (TPSA) is 29.5 Å². The molecule has 0 heterocycles. The fourth-order valence-corrected chi connectivity index (χ4v) is 1.89. The van der Waals surface area contributed by atoms with Crippen LogP contribution in [0.5, 0.6) is 11.5 Å². The van der Waals surface area contributed by atoms with Crippen LogP contribution in [0, 0.1) is 12.7 Å². The van der Waals surface area contributed by atoms with Crippen LogP contribution in [0.1, 0.15) is 24.2 Å². The summed E-state index contributed by atoms with van der Waals surface area (Å²) >= 11 is 6.08. The maximum atomic E-state index is 13.1. The Morgan fingerprint density at radius 3 is 2.53 bits per heavy atom. The summed E-state index contributed by atoms with van der Waals surface area (Å²) < 4.78 is 18.7. The van der Waals surface area contributed by atoms with Gasteiger partial charge in [0, 0.05) is 0 Å². The van der Waals surface area contributed by atoms with Gasteiger partial charge in [0.05, 0.1) is 11.1 Å². The van der Waals surface area contributed by atoms with E-state index in [4.69, 9.17) is 16.3 Å². The van der Waals surface area contributed by atoms with Crippen molar-refractivity contribution >= 4 is 11.6 Å². The summed E-state index contributed by atoms with van der Waals surface area (Å²) in [5.41, 5.74) is 1.22. The Kier molecular flexibility index (Phi) is 4.08. The summed E-state index contributed by atoms with van der Waals surface area (Å²) in [7, 11) is 0. The molecule has 1 atom stereocenters. The van der Waals surface area contributed by atoms with Gasteiger partial charge in [-0.15, -0.1) is 0 Å². The molecule has 2 aromatic rings. The highest BCUT2D eigenvalue weighted by Gasteiger charge is 2.08. The van der Waals surface area contributed by atoms with E-state index in [1.807, 2.05) is 0 Å². The highest BCUT2D eigenvalue weighted by Crippen LogP contribution is 2.32. The smallest absolute Gasteiger partial charge is 0.146 e. The first-order chi connectivity index (χ1) is 8.97. The molecular weight excluding hydrogens is 267 g/mol. The zero-order chi connectivity index (χ0) is 14.0. The summed E-state index contributed by atoms with van der Waals surface area (Å²) in [6.07, 6.45) is -0.584. The van der Waals surface area contributed by atoms with Gasteiger partial charge in [0.15, 0.2) is 0 Å². The molecule has 0 aliphatic heterocycles. The quantitative estimate of drug-likeness (QED) is 0.888. The Hall–Kier alpha value is -1.58. The van der Waals surface area contributed by atoms with Crippen LogP contribution in [0.25, 0.3) is 0 Å². The van der Waals surface area contributed by atoms with E-state index in [0.29, 0.717) is 27.6 Å². The van der Waals surface area contributed by atoms with Gasteiger partial charge in [0.2, 0.25) is 0 Å². The number of aryl methyl sites for hydroxylation is 1. The molecule has 0 aliphatic carbocycles. The molecule has 2 rings (SSSR count). The van der Waals surface area contributed by atoms with Crippen molar-refractivity contribution in [3.63, 3.8) is 0 Å². The largest absolute Gasteiger partial charge is 0.456 e. The average Bonchev–Trinajstić information content (AvgIpc) is 2.36. The summed E-state index contributed by atoms with van der Waals surface area (Å²) in [5, 5.41) is 9.86. The van der Waals surface area contributed by atoms with E-state index in [2.05, 4.69) is 0 Å². The van der Waals surface area contributed by atoms with Gasteiger partial charge in [0.1, 0.15) is 17.3 Å². The standard InChI is InChI=1S/C15H14ClFO2/c1-9-7-12(4-5-14(9)17)19-15-6-3-11(10(2)18)8-13(15)16/h3-8,10,18H,1-2H3/t10-/m1/s1. The molecule has 1 N–H and O–H groups in total. The zero-order valence-electron chi connectivity index (χ0n) is 10.7. The molecular formula is C15H14ClFO2. The molecule has 4 heteroatoms. The molecule has 19 heavy (non-hydrogen) atoms. The van der Waals surface area contributed by atoms with Gasteiger partial charge in [-0.25, -0.2) is 4.39 Å². The van der Waals surface area contributed by atoms with E-state index in [1.165, 1.54) is 6.07 Å². The van der Waals surface area contributed by atoms with Gasteiger partial charge in [-0.1, -0.05) is 17.7 Å². The molecule has 0 unspecified atom stereocenters. The number of aliphatic hydroxyl groups is 1. The maximum absolute atomic E-state index is 13.1. The Balaban J connectivity index is 2.25. The van der Waals surface area contributed by atoms with Gasteiger partial charge < -0.3 is 9.84 Å². The predicted octanol–water partition coefficient (Wildman–Crippen LogP) is 4.63. The summed E-state index contributed by atoms with van der Waals surface area (Å²) in [6.45, 7) is 3.33. The van der Waals surface area contributed by atoms with Crippen LogP contribution in [0.2, 0.25) is 5.02 Å². The lowest BCUT2D eigenvalue weighted by molar-refractivity contribution is 0.199. The summed E-state index contributed by atoms with van der Waals surface area (Å²) in [5.74, 6) is 0.713. The van der Waals surface area contributed by atoms with Crippen LogP contribution < -0.4 is 4.74 Å². The lowest BCUT2D eigenvalue weighted by Crippen LogP contribution is -1.93. The van der Waals surface area contributed by atoms with Crippen LogP contribution in [-0.2, 0) is 0 Å². The first-order valence-corrected chi connectivity index (χ1v) is 6.26. The number of ether oxygens (including phenoxy) is 1. The molecule has 0 radical (unpaired) electrons. The Bertz CT molecular complexity index is 597. The Morgan fingerprint density at radius 1 is 1.21 bits per heavy atom. The second-order valence-corrected chi connectivity index (χ2v) is 4.79. The molecule has 0 saturated carbocycles. The highest BCUT2D eigenvalue weighted by atomic mass is 35.5. The van der Waals surface area contributed by atoms with Gasteiger partial charge >= 0.3 is 0 Å². The van der Waals surface area contributed by atoms with E-state index in [1.54, 1.807) is 44.2 Å². The molecule has 2 aromatic carbocycles. The van der Waals surface area contributed by atoms with E-state index in [-0.39, 0.29) is 5.82 Å². The third-order valence-corrected chi connectivity index (χ3v) is 3.09. The monoisotopic (exact) mass is 280 g/mol. The van der Waals surface area contributed by atoms with Crippen molar-refractivity contribution in [3.05, 3.63) is 58.4 Å².